The van der Waals surface area contributed by atoms with Crippen molar-refractivity contribution in [3.8, 4) is 0 Å². The van der Waals surface area contributed by atoms with Gasteiger partial charge in [-0.1, -0.05) is 54.6 Å². The Morgan fingerprint density at radius 3 is 2.66 bits per heavy atom. The van der Waals surface area contributed by atoms with Gasteiger partial charge in [-0.15, -0.1) is 0 Å². The first kappa shape index (κ1) is 24.9. The summed E-state index contributed by atoms with van der Waals surface area (Å²) >= 11 is 0. The average Bonchev–Trinajstić information content (AvgIpc) is 2.86. The van der Waals surface area contributed by atoms with Crippen LogP contribution in [0.25, 0.3) is 10.8 Å². The first-order chi connectivity index (χ1) is 16.9. The number of carbonyl (C=O) groups excluding carboxylic acids is 1. The number of halogens is 1. The molecule has 1 fully saturated rings. The number of aliphatic carboxylic acids is 1. The van der Waals surface area contributed by atoms with E-state index < -0.39 is 5.97 Å². The van der Waals surface area contributed by atoms with Crippen LogP contribution in [0.2, 0.25) is 0 Å². The van der Waals surface area contributed by atoms with E-state index in [1.54, 1.807) is 12.1 Å². The molecule has 1 heterocycles. The minimum Gasteiger partial charge on any atom is -0.481 e. The summed E-state index contributed by atoms with van der Waals surface area (Å²) < 4.78 is 14.1. The van der Waals surface area contributed by atoms with Gasteiger partial charge in [-0.05, 0) is 66.3 Å². The molecule has 2 unspecified atom stereocenters. The van der Waals surface area contributed by atoms with E-state index in [9.17, 15) is 14.0 Å². The second kappa shape index (κ2) is 11.5. The van der Waals surface area contributed by atoms with E-state index in [4.69, 9.17) is 5.11 Å². The van der Waals surface area contributed by atoms with Gasteiger partial charge in [-0.25, -0.2) is 4.39 Å². The topological polar surface area (TPSA) is 69.6 Å². The molecule has 4 rings (SSSR count). The van der Waals surface area contributed by atoms with Crippen LogP contribution in [-0.2, 0) is 9.59 Å². The number of nitrogens with zero attached hydrogens (tertiary/aromatic N) is 1. The lowest BCUT2D eigenvalue weighted by Gasteiger charge is -2.39. The van der Waals surface area contributed by atoms with Gasteiger partial charge >= 0.3 is 5.97 Å². The maximum atomic E-state index is 14.1. The van der Waals surface area contributed by atoms with E-state index >= 15 is 0 Å². The normalized spacial score (nSPS) is 19.0. The molecule has 3 aromatic carbocycles. The molecule has 1 aliphatic rings. The van der Waals surface area contributed by atoms with Crippen molar-refractivity contribution in [2.45, 2.75) is 44.6 Å². The van der Waals surface area contributed by atoms with Crippen molar-refractivity contribution >= 4 is 22.6 Å². The number of carboxylic acids is 1. The summed E-state index contributed by atoms with van der Waals surface area (Å²) in [5.74, 6) is -0.931. The second-order valence-corrected chi connectivity index (χ2v) is 9.50. The summed E-state index contributed by atoms with van der Waals surface area (Å²) in [5, 5.41) is 15.0. The maximum absolute atomic E-state index is 14.1. The maximum Gasteiger partial charge on any atom is 0.303 e. The zero-order valence-electron chi connectivity index (χ0n) is 20.1. The number of rotatable bonds is 9. The van der Waals surface area contributed by atoms with Crippen molar-refractivity contribution < 1.29 is 19.1 Å². The molecule has 3 aromatic rings. The highest BCUT2D eigenvalue weighted by molar-refractivity contribution is 5.86. The van der Waals surface area contributed by atoms with Crippen molar-refractivity contribution in [3.63, 3.8) is 0 Å². The van der Waals surface area contributed by atoms with Crippen LogP contribution in [0.4, 0.5) is 4.39 Å². The average molecular weight is 477 g/mol. The lowest BCUT2D eigenvalue weighted by Crippen LogP contribution is -2.45. The van der Waals surface area contributed by atoms with Gasteiger partial charge in [-0.2, -0.15) is 0 Å². The Balaban J connectivity index is 1.46. The van der Waals surface area contributed by atoms with Gasteiger partial charge in [-0.3, -0.25) is 9.59 Å². The summed E-state index contributed by atoms with van der Waals surface area (Å²) in [5.41, 5.74) is 2.15. The van der Waals surface area contributed by atoms with E-state index in [-0.39, 0.29) is 42.4 Å². The molecule has 0 spiro atoms. The van der Waals surface area contributed by atoms with E-state index in [0.29, 0.717) is 19.5 Å². The third kappa shape index (κ3) is 6.25. The molecule has 2 N–H and O–H groups in total. The number of benzene rings is 3. The third-order valence-corrected chi connectivity index (χ3v) is 7.14. The second-order valence-electron chi connectivity index (χ2n) is 9.50. The molecule has 0 aromatic heterocycles. The van der Waals surface area contributed by atoms with Crippen molar-refractivity contribution in [3.05, 3.63) is 83.7 Å². The molecule has 0 radical (unpaired) electrons. The van der Waals surface area contributed by atoms with Gasteiger partial charge in [0.25, 0.3) is 0 Å². The number of likely N-dealkylation sites (tertiary alicyclic amines) is 1. The van der Waals surface area contributed by atoms with E-state index in [0.717, 1.165) is 18.5 Å². The predicted molar refractivity (Wildman–Crippen MR) is 136 cm³/mol. The Kier molecular flexibility index (Phi) is 8.13. The summed E-state index contributed by atoms with van der Waals surface area (Å²) in [4.78, 5) is 25.4. The van der Waals surface area contributed by atoms with E-state index in [2.05, 4.69) is 48.6 Å². The van der Waals surface area contributed by atoms with Crippen LogP contribution in [0.5, 0.6) is 0 Å². The smallest absolute Gasteiger partial charge is 0.303 e. The Morgan fingerprint density at radius 2 is 1.86 bits per heavy atom. The molecule has 0 bridgehead atoms. The molecule has 5 nitrogen and oxygen atoms in total. The first-order valence-electron chi connectivity index (χ1n) is 12.4. The number of amides is 1. The molecular formula is C29H33FN2O3. The van der Waals surface area contributed by atoms with Gasteiger partial charge in [0.05, 0.1) is 0 Å². The number of carboxylic acid groups (broad SMARTS) is 1. The van der Waals surface area contributed by atoms with Crippen LogP contribution in [0.1, 0.15) is 55.7 Å². The van der Waals surface area contributed by atoms with Crippen molar-refractivity contribution in [1.29, 1.82) is 0 Å². The Labute approximate surface area is 206 Å². The monoisotopic (exact) mass is 476 g/mol. The zero-order valence-corrected chi connectivity index (χ0v) is 20.1. The van der Waals surface area contributed by atoms with Crippen LogP contribution in [-0.4, -0.2) is 41.5 Å². The van der Waals surface area contributed by atoms with Crippen LogP contribution < -0.4 is 5.32 Å². The van der Waals surface area contributed by atoms with E-state index in [1.807, 2.05) is 17.0 Å². The molecule has 1 saturated heterocycles. The number of hydrogen-bond donors (Lipinski definition) is 2. The molecule has 3 atom stereocenters. The lowest BCUT2D eigenvalue weighted by atomic mass is 9.80. The SMILES string of the molecule is C[C@@H](NCC1CCN(C(=O)CCCC(=O)O)CC1c1cccc(F)c1)c1cccc2ccccc12. The van der Waals surface area contributed by atoms with Crippen LogP contribution >= 0.6 is 0 Å². The van der Waals surface area contributed by atoms with Gasteiger partial charge in [0.1, 0.15) is 5.82 Å². The van der Waals surface area contributed by atoms with Gasteiger partial charge < -0.3 is 15.3 Å². The van der Waals surface area contributed by atoms with Crippen LogP contribution in [0.15, 0.2) is 66.7 Å². The van der Waals surface area contributed by atoms with E-state index in [1.165, 1.54) is 22.4 Å². The van der Waals surface area contributed by atoms with Crippen molar-refractivity contribution in [2.24, 2.45) is 5.92 Å². The highest BCUT2D eigenvalue weighted by atomic mass is 19.1. The zero-order chi connectivity index (χ0) is 24.8. The molecule has 0 saturated carbocycles. The van der Waals surface area contributed by atoms with Gasteiger partial charge in [0.2, 0.25) is 5.91 Å². The highest BCUT2D eigenvalue weighted by Crippen LogP contribution is 2.34. The number of carbonyl (C=O) groups is 2. The van der Waals surface area contributed by atoms with Crippen LogP contribution in [0, 0.1) is 11.7 Å². The molecular weight excluding hydrogens is 443 g/mol. The van der Waals surface area contributed by atoms with Crippen molar-refractivity contribution in [2.75, 3.05) is 19.6 Å². The highest BCUT2D eigenvalue weighted by Gasteiger charge is 2.32. The minimum atomic E-state index is -0.888. The third-order valence-electron chi connectivity index (χ3n) is 7.14. The number of nitrogens with one attached hydrogen (secondary N) is 1. The fourth-order valence-electron chi connectivity index (χ4n) is 5.20. The number of piperidine rings is 1. The summed E-state index contributed by atoms with van der Waals surface area (Å²) in [6, 6.07) is 21.5. The fourth-order valence-corrected chi connectivity index (χ4v) is 5.20. The summed E-state index contributed by atoms with van der Waals surface area (Å²) in [6.07, 6.45) is 1.36. The molecule has 1 amide bonds. The van der Waals surface area contributed by atoms with Gasteiger partial charge in [0.15, 0.2) is 0 Å². The molecule has 6 heteroatoms. The number of fused-ring (bicyclic) bond motifs is 1. The van der Waals surface area contributed by atoms with Gasteiger partial charge in [0, 0.05) is 37.9 Å². The Bertz CT molecular complexity index is 1180. The lowest BCUT2D eigenvalue weighted by molar-refractivity contribution is -0.137. The molecule has 1 aliphatic heterocycles. The summed E-state index contributed by atoms with van der Waals surface area (Å²) in [6.45, 7) is 4.07. The molecule has 35 heavy (non-hydrogen) atoms. The standard InChI is InChI=1S/C29H33FN2O3/c1-20(25-12-5-8-21-7-2-3-11-26(21)25)31-18-23-15-16-32(28(33)13-6-14-29(34)35)19-27(23)22-9-4-10-24(30)17-22/h2-5,7-12,17,20,23,27,31H,6,13-16,18-19H2,1H3,(H,34,35)/t20-,23?,27?/m1/s1. The number of hydrogen-bond acceptors (Lipinski definition) is 3. The first-order valence-corrected chi connectivity index (χ1v) is 12.4. The largest absolute Gasteiger partial charge is 0.481 e. The fraction of sp³-hybridized carbons (Fsp3) is 0.379. The Morgan fingerprint density at radius 1 is 1.09 bits per heavy atom. The molecule has 0 aliphatic carbocycles. The quantitative estimate of drug-likeness (QED) is 0.427. The minimum absolute atomic E-state index is 0.00843. The van der Waals surface area contributed by atoms with Crippen molar-refractivity contribution in [1.82, 2.24) is 10.2 Å². The molecule has 184 valence electrons. The van der Waals surface area contributed by atoms with Crippen LogP contribution in [0.3, 0.4) is 0 Å². The Hall–Kier alpha value is -3.25. The summed E-state index contributed by atoms with van der Waals surface area (Å²) in [7, 11) is 0. The predicted octanol–water partition coefficient (Wildman–Crippen LogP) is 5.52.